The second-order valence-corrected chi connectivity index (χ2v) is 11.8. The van der Waals surface area contributed by atoms with Gasteiger partial charge in [0.25, 0.3) is 11.8 Å². The molecule has 3 aliphatic rings. The van der Waals surface area contributed by atoms with Gasteiger partial charge in [0.05, 0.1) is 6.54 Å². The number of rotatable bonds is 11. The molecular weight excluding hydrogens is 567 g/mol. The number of carbonyl (C=O) groups excluding carboxylic acids is 2. The smallest absolute Gasteiger partial charge is 0.352 e. The number of carboxylic acid groups (broad SMARTS) is 1. The molecule has 2 fully saturated rings. The van der Waals surface area contributed by atoms with Crippen LogP contribution in [0.15, 0.2) is 39.6 Å². The first-order chi connectivity index (χ1) is 18.9. The number of aliphatic carboxylic acids is 1. The van der Waals surface area contributed by atoms with Gasteiger partial charge in [0.2, 0.25) is 5.16 Å². The first kappa shape index (κ1) is 27.1. The highest BCUT2D eigenvalue weighted by Crippen LogP contribution is 2.41. The summed E-state index contributed by atoms with van der Waals surface area (Å²) < 4.78 is 1.54. The van der Waals surface area contributed by atoms with Crippen LogP contribution in [0.2, 0.25) is 0 Å². The first-order valence-corrected chi connectivity index (χ1v) is 14.9. The van der Waals surface area contributed by atoms with E-state index in [0.717, 1.165) is 37.0 Å². The van der Waals surface area contributed by atoms with Crippen LogP contribution >= 0.6 is 34.9 Å². The Kier molecular flexibility index (Phi) is 8.18. The lowest BCUT2D eigenvalue weighted by Crippen LogP contribution is -2.71. The highest BCUT2D eigenvalue weighted by Gasteiger charge is 2.54. The van der Waals surface area contributed by atoms with Gasteiger partial charge in [0.15, 0.2) is 10.8 Å². The summed E-state index contributed by atoms with van der Waals surface area (Å²) in [6.07, 6.45) is 5.32. The molecule has 5 rings (SSSR count). The van der Waals surface area contributed by atoms with Crippen molar-refractivity contribution in [2.75, 3.05) is 17.2 Å². The third kappa shape index (κ3) is 5.65. The van der Waals surface area contributed by atoms with Crippen LogP contribution < -0.4 is 11.1 Å². The second kappa shape index (κ2) is 11.7. The Hall–Kier alpha value is -3.44. The topological polar surface area (TPSA) is 191 Å². The molecular formula is C22H25N9O5S3. The molecule has 0 spiro atoms. The molecule has 2 aliphatic heterocycles. The monoisotopic (exact) mass is 591 g/mol. The Bertz CT molecular complexity index is 1350. The number of anilines is 1. The van der Waals surface area contributed by atoms with Gasteiger partial charge >= 0.3 is 5.97 Å². The van der Waals surface area contributed by atoms with Gasteiger partial charge in [-0.2, -0.15) is 0 Å². The van der Waals surface area contributed by atoms with Gasteiger partial charge in [-0.3, -0.25) is 14.5 Å². The van der Waals surface area contributed by atoms with E-state index in [0.29, 0.717) is 23.0 Å². The van der Waals surface area contributed by atoms with Crippen molar-refractivity contribution in [1.29, 1.82) is 0 Å². The number of nitrogens with zero attached hydrogens (tertiary/aromatic N) is 7. The number of tetrazole rings is 1. The second-order valence-electron chi connectivity index (χ2n) is 8.86. The van der Waals surface area contributed by atoms with E-state index < -0.39 is 29.2 Å². The van der Waals surface area contributed by atoms with E-state index >= 15 is 0 Å². The number of nitrogens with two attached hydrogens (primary N) is 1. The summed E-state index contributed by atoms with van der Waals surface area (Å²) in [7, 11) is 0. The molecule has 2 aromatic heterocycles. The summed E-state index contributed by atoms with van der Waals surface area (Å²) in [5.41, 5.74) is 6.40. The number of nitrogens with one attached hydrogen (secondary N) is 1. The van der Waals surface area contributed by atoms with Crippen molar-refractivity contribution in [1.82, 2.24) is 35.4 Å². The molecule has 0 aromatic carbocycles. The van der Waals surface area contributed by atoms with Crippen molar-refractivity contribution in [3.8, 4) is 0 Å². The van der Waals surface area contributed by atoms with Crippen LogP contribution in [0.1, 0.15) is 31.4 Å². The molecule has 2 atom stereocenters. The summed E-state index contributed by atoms with van der Waals surface area (Å²) in [6.45, 7) is 4.08. The van der Waals surface area contributed by atoms with Crippen molar-refractivity contribution in [3.05, 3.63) is 35.0 Å². The van der Waals surface area contributed by atoms with Crippen LogP contribution in [0.25, 0.3) is 0 Å². The summed E-state index contributed by atoms with van der Waals surface area (Å²) in [4.78, 5) is 49.5. The normalized spacial score (nSPS) is 21.5. The molecule has 1 saturated heterocycles. The number of β-lactam (4-membered cyclic amide) rings is 1. The van der Waals surface area contributed by atoms with Gasteiger partial charge in [-0.25, -0.2) is 14.5 Å². The van der Waals surface area contributed by atoms with Crippen molar-refractivity contribution < 1.29 is 24.3 Å². The Labute approximate surface area is 235 Å². The largest absolute Gasteiger partial charge is 0.477 e. The number of fused-ring (bicyclic) bond motifs is 1. The Morgan fingerprint density at radius 2 is 2.18 bits per heavy atom. The van der Waals surface area contributed by atoms with Gasteiger partial charge in [0.1, 0.15) is 28.9 Å². The number of allylic oxidation sites excluding steroid dienone is 1. The molecule has 2 amide bonds. The Morgan fingerprint density at radius 3 is 2.87 bits per heavy atom. The molecule has 4 heterocycles. The van der Waals surface area contributed by atoms with Crippen molar-refractivity contribution in [3.63, 3.8) is 0 Å². The van der Waals surface area contributed by atoms with Crippen LogP contribution in [-0.4, -0.2) is 87.7 Å². The van der Waals surface area contributed by atoms with Gasteiger partial charge in [0, 0.05) is 16.9 Å². The zero-order valence-corrected chi connectivity index (χ0v) is 23.0. The maximum Gasteiger partial charge on any atom is 0.352 e. The maximum atomic E-state index is 13.2. The number of carbonyl (C=O) groups is 3. The third-order valence-electron chi connectivity index (χ3n) is 6.29. The number of carboxylic acids is 1. The van der Waals surface area contributed by atoms with Crippen LogP contribution in [-0.2, 0) is 25.8 Å². The molecule has 0 radical (unpaired) electrons. The van der Waals surface area contributed by atoms with E-state index in [9.17, 15) is 19.5 Å². The number of thiazole rings is 1. The fraction of sp³-hybridized carbons (Fsp3) is 0.455. The molecule has 17 heteroatoms. The van der Waals surface area contributed by atoms with Crippen molar-refractivity contribution in [2.45, 2.75) is 54.9 Å². The van der Waals surface area contributed by atoms with E-state index in [2.05, 4.69) is 37.6 Å². The molecule has 2 aromatic rings. The van der Waals surface area contributed by atoms with Gasteiger partial charge in [-0.15, -0.1) is 34.8 Å². The molecule has 14 nitrogen and oxygen atoms in total. The summed E-state index contributed by atoms with van der Waals surface area (Å²) in [6, 6.07) is -0.932. The molecule has 4 N–H and O–H groups in total. The fourth-order valence-electron chi connectivity index (χ4n) is 4.41. The van der Waals surface area contributed by atoms with Crippen LogP contribution in [0, 0.1) is 0 Å². The standard InChI is InChI=1S/C22H25N9O5S3/c1-2-7-30-22(26-28-29-30)39-9-11-8-37-19-15(18(33)31(19)16(11)20(34)35)25-17(32)14(13-10-38-21(23)24-13)27-36-12-5-3-4-6-12/h2,10,12,15,19H,1,3-9H2,(H2,23,24)(H,25,32)(H,34,35)/t15?,19-/m0/s1. The van der Waals surface area contributed by atoms with E-state index in [1.54, 1.807) is 16.1 Å². The van der Waals surface area contributed by atoms with Gasteiger partial charge in [-0.05, 0) is 41.7 Å². The average molecular weight is 592 g/mol. The predicted octanol–water partition coefficient (Wildman–Crippen LogP) is 1.09. The molecule has 0 bridgehead atoms. The number of aromatic nitrogens is 5. The lowest BCUT2D eigenvalue weighted by molar-refractivity contribution is -0.150. The third-order valence-corrected chi connectivity index (χ3v) is 9.34. The minimum atomic E-state index is -1.22. The highest BCUT2D eigenvalue weighted by atomic mass is 32.2. The van der Waals surface area contributed by atoms with E-state index in [-0.39, 0.29) is 34.1 Å². The maximum absolute atomic E-state index is 13.2. The number of hydrogen-bond donors (Lipinski definition) is 3. The number of amides is 2. The molecule has 39 heavy (non-hydrogen) atoms. The minimum Gasteiger partial charge on any atom is -0.477 e. The summed E-state index contributed by atoms with van der Waals surface area (Å²) in [5, 5.41) is 30.0. The number of oxime groups is 1. The number of thioether (sulfide) groups is 2. The van der Waals surface area contributed by atoms with Crippen LogP contribution in [0.3, 0.4) is 0 Å². The van der Waals surface area contributed by atoms with E-state index in [1.807, 2.05) is 0 Å². The quantitative estimate of drug-likeness (QED) is 0.111. The average Bonchev–Trinajstić information content (AvgIpc) is 3.69. The zero-order valence-electron chi connectivity index (χ0n) is 20.6. The van der Waals surface area contributed by atoms with E-state index in [4.69, 9.17) is 10.6 Å². The van der Waals surface area contributed by atoms with Gasteiger partial charge < -0.3 is 21.0 Å². The highest BCUT2D eigenvalue weighted by molar-refractivity contribution is 8.01. The number of hydrogen-bond acceptors (Lipinski definition) is 13. The van der Waals surface area contributed by atoms with Crippen LogP contribution in [0.4, 0.5) is 5.13 Å². The minimum absolute atomic E-state index is 0.0785. The first-order valence-electron chi connectivity index (χ1n) is 12.0. The molecule has 1 aliphatic carbocycles. The zero-order chi connectivity index (χ0) is 27.5. The molecule has 1 saturated carbocycles. The van der Waals surface area contributed by atoms with E-state index in [1.165, 1.54) is 28.4 Å². The predicted molar refractivity (Wildman–Crippen MR) is 145 cm³/mol. The lowest BCUT2D eigenvalue weighted by Gasteiger charge is -2.49. The van der Waals surface area contributed by atoms with Crippen molar-refractivity contribution >= 4 is 63.5 Å². The fourth-order valence-corrected chi connectivity index (χ4v) is 7.33. The summed E-state index contributed by atoms with van der Waals surface area (Å²) >= 11 is 3.80. The molecule has 1 unspecified atom stereocenters. The van der Waals surface area contributed by atoms with Crippen LogP contribution in [0.5, 0.6) is 0 Å². The SMILES string of the molecule is C=CCn1nnnc1SCC1=C(C(=O)O)N2C(=O)C(NC(=O)C(=NOC3CCCC3)c3csc(N)n3)[C@@H]2SC1. The Balaban J connectivity index is 1.30. The van der Waals surface area contributed by atoms with Crippen molar-refractivity contribution in [2.24, 2.45) is 5.16 Å². The summed E-state index contributed by atoms with van der Waals surface area (Å²) in [5.74, 6) is -1.75. The number of nitrogen functional groups attached to an aromatic ring is 1. The Morgan fingerprint density at radius 1 is 1.38 bits per heavy atom. The lowest BCUT2D eigenvalue weighted by atomic mass is 10.0. The molecule has 206 valence electrons. The van der Waals surface area contributed by atoms with Gasteiger partial charge in [-0.1, -0.05) is 23.0 Å².